The van der Waals surface area contributed by atoms with Crippen LogP contribution in [-0.4, -0.2) is 5.54 Å². The Hall–Kier alpha value is -1.24. The Labute approximate surface area is 117 Å². The van der Waals surface area contributed by atoms with Crippen molar-refractivity contribution >= 4 is 5.69 Å². The van der Waals surface area contributed by atoms with Gasteiger partial charge in [0, 0.05) is 16.9 Å². The molecule has 0 bridgehead atoms. The topological polar surface area (TPSA) is 3.24 Å². The van der Waals surface area contributed by atoms with E-state index in [-0.39, 0.29) is 5.54 Å². The average molecular weight is 255 g/mol. The predicted molar refractivity (Wildman–Crippen MR) is 82.5 cm³/mol. The Balaban J connectivity index is 2.15. The standard InChI is InChI=1S/C18H25N/c1-18(2,3)19-16-10-6-4-8-14(16)12-13-15-9-5-7-11-17(15)19/h4,6,8,10H,5,7,9,11-13H2,1-3H3. The van der Waals surface area contributed by atoms with Crippen molar-refractivity contribution in [3.05, 3.63) is 41.1 Å². The Morgan fingerprint density at radius 2 is 1.63 bits per heavy atom. The summed E-state index contributed by atoms with van der Waals surface area (Å²) in [4.78, 5) is 2.63. The van der Waals surface area contributed by atoms with E-state index in [4.69, 9.17) is 0 Å². The summed E-state index contributed by atoms with van der Waals surface area (Å²) in [6, 6.07) is 8.99. The predicted octanol–water partition coefficient (Wildman–Crippen LogP) is 5.07. The largest absolute Gasteiger partial charge is 0.340 e. The summed E-state index contributed by atoms with van der Waals surface area (Å²) in [5.74, 6) is 0. The van der Waals surface area contributed by atoms with Gasteiger partial charge in [0.2, 0.25) is 0 Å². The van der Waals surface area contributed by atoms with Gasteiger partial charge in [0.05, 0.1) is 0 Å². The molecule has 0 unspecified atom stereocenters. The molecule has 1 heteroatoms. The summed E-state index contributed by atoms with van der Waals surface area (Å²) >= 11 is 0. The first kappa shape index (κ1) is 12.8. The van der Waals surface area contributed by atoms with Gasteiger partial charge in [0.25, 0.3) is 0 Å². The SMILES string of the molecule is CC(C)(C)N1C2=C(CCCC2)CCc2ccccc21. The van der Waals surface area contributed by atoms with Gasteiger partial charge in [-0.25, -0.2) is 0 Å². The first-order chi connectivity index (χ1) is 9.07. The Morgan fingerprint density at radius 1 is 0.895 bits per heavy atom. The maximum absolute atomic E-state index is 2.63. The van der Waals surface area contributed by atoms with E-state index in [1.165, 1.54) is 49.8 Å². The number of rotatable bonds is 0. The van der Waals surface area contributed by atoms with Crippen LogP contribution in [0.3, 0.4) is 0 Å². The van der Waals surface area contributed by atoms with Crippen LogP contribution >= 0.6 is 0 Å². The number of benzene rings is 1. The molecular weight excluding hydrogens is 230 g/mol. The molecule has 0 atom stereocenters. The highest BCUT2D eigenvalue weighted by Crippen LogP contribution is 2.41. The quantitative estimate of drug-likeness (QED) is 0.626. The van der Waals surface area contributed by atoms with Gasteiger partial charge in [-0.05, 0) is 70.9 Å². The Kier molecular flexibility index (Phi) is 3.16. The molecule has 0 radical (unpaired) electrons. The third-order valence-corrected chi connectivity index (χ3v) is 4.42. The van der Waals surface area contributed by atoms with E-state index in [0.29, 0.717) is 0 Å². The van der Waals surface area contributed by atoms with Crippen LogP contribution in [0.15, 0.2) is 35.5 Å². The average Bonchev–Trinajstić information content (AvgIpc) is 2.54. The van der Waals surface area contributed by atoms with Gasteiger partial charge in [-0.1, -0.05) is 23.8 Å². The molecule has 0 spiro atoms. The lowest BCUT2D eigenvalue weighted by molar-refractivity contribution is 0.510. The number of hydrogen-bond acceptors (Lipinski definition) is 1. The van der Waals surface area contributed by atoms with Crippen LogP contribution in [0.1, 0.15) is 58.4 Å². The lowest BCUT2D eigenvalue weighted by Crippen LogP contribution is -2.41. The van der Waals surface area contributed by atoms with Gasteiger partial charge in [0.1, 0.15) is 0 Å². The highest BCUT2D eigenvalue weighted by atomic mass is 15.2. The number of aryl methyl sites for hydroxylation is 1. The summed E-state index contributed by atoms with van der Waals surface area (Å²) in [6.07, 6.45) is 7.79. The van der Waals surface area contributed by atoms with Crippen molar-refractivity contribution in [1.29, 1.82) is 0 Å². The number of para-hydroxylation sites is 1. The van der Waals surface area contributed by atoms with Crippen molar-refractivity contribution in [2.75, 3.05) is 4.90 Å². The van der Waals surface area contributed by atoms with Crippen molar-refractivity contribution in [2.45, 2.75) is 64.8 Å². The first-order valence-electron chi connectivity index (χ1n) is 7.66. The molecule has 0 fully saturated rings. The molecule has 1 heterocycles. The monoisotopic (exact) mass is 255 g/mol. The molecule has 102 valence electrons. The highest BCUT2D eigenvalue weighted by Gasteiger charge is 2.31. The maximum atomic E-state index is 2.63. The van der Waals surface area contributed by atoms with Gasteiger partial charge in [-0.3, -0.25) is 0 Å². The van der Waals surface area contributed by atoms with Crippen LogP contribution in [0.25, 0.3) is 0 Å². The molecule has 2 aliphatic rings. The summed E-state index contributed by atoms with van der Waals surface area (Å²) in [6.45, 7) is 7.02. The molecule has 19 heavy (non-hydrogen) atoms. The normalized spacial score (nSPS) is 19.8. The van der Waals surface area contributed by atoms with Gasteiger partial charge in [0.15, 0.2) is 0 Å². The van der Waals surface area contributed by atoms with Crippen LogP contribution in [-0.2, 0) is 6.42 Å². The first-order valence-corrected chi connectivity index (χ1v) is 7.66. The van der Waals surface area contributed by atoms with Crippen molar-refractivity contribution in [3.8, 4) is 0 Å². The van der Waals surface area contributed by atoms with Crippen LogP contribution < -0.4 is 4.90 Å². The number of fused-ring (bicyclic) bond motifs is 1. The zero-order valence-electron chi connectivity index (χ0n) is 12.5. The van der Waals surface area contributed by atoms with E-state index >= 15 is 0 Å². The van der Waals surface area contributed by atoms with Crippen LogP contribution in [0.2, 0.25) is 0 Å². The van der Waals surface area contributed by atoms with E-state index in [0.717, 1.165) is 0 Å². The lowest BCUT2D eigenvalue weighted by atomic mass is 9.91. The highest BCUT2D eigenvalue weighted by molar-refractivity contribution is 5.62. The molecule has 0 amide bonds. The van der Waals surface area contributed by atoms with Crippen LogP contribution in [0.4, 0.5) is 5.69 Å². The molecule has 0 N–H and O–H groups in total. The fourth-order valence-corrected chi connectivity index (χ4v) is 3.63. The number of anilines is 1. The van der Waals surface area contributed by atoms with Crippen molar-refractivity contribution in [3.63, 3.8) is 0 Å². The molecule has 0 saturated heterocycles. The molecule has 1 aliphatic carbocycles. The molecule has 1 nitrogen and oxygen atoms in total. The minimum Gasteiger partial charge on any atom is -0.340 e. The van der Waals surface area contributed by atoms with E-state index in [9.17, 15) is 0 Å². The molecular formula is C18H25N. The minimum absolute atomic E-state index is 0.165. The van der Waals surface area contributed by atoms with Crippen LogP contribution in [0, 0.1) is 0 Å². The molecule has 3 rings (SSSR count). The Morgan fingerprint density at radius 3 is 2.42 bits per heavy atom. The third kappa shape index (κ3) is 2.31. The maximum Gasteiger partial charge on any atom is 0.0445 e. The van der Waals surface area contributed by atoms with Crippen LogP contribution in [0.5, 0.6) is 0 Å². The van der Waals surface area contributed by atoms with Gasteiger partial charge >= 0.3 is 0 Å². The number of hydrogen-bond donors (Lipinski definition) is 0. The van der Waals surface area contributed by atoms with Crippen molar-refractivity contribution in [1.82, 2.24) is 0 Å². The van der Waals surface area contributed by atoms with Crippen molar-refractivity contribution < 1.29 is 0 Å². The van der Waals surface area contributed by atoms with E-state index in [1.807, 2.05) is 0 Å². The molecule has 1 aliphatic heterocycles. The molecule has 1 aromatic rings. The zero-order chi connectivity index (χ0) is 13.5. The van der Waals surface area contributed by atoms with Crippen molar-refractivity contribution in [2.24, 2.45) is 0 Å². The molecule has 0 aromatic heterocycles. The van der Waals surface area contributed by atoms with E-state index < -0.39 is 0 Å². The molecule has 0 saturated carbocycles. The lowest BCUT2D eigenvalue weighted by Gasteiger charge is -2.42. The second-order valence-electron chi connectivity index (χ2n) is 6.89. The fraction of sp³-hybridized carbons (Fsp3) is 0.556. The van der Waals surface area contributed by atoms with Gasteiger partial charge in [-0.2, -0.15) is 0 Å². The fourth-order valence-electron chi connectivity index (χ4n) is 3.63. The number of allylic oxidation sites excluding steroid dienone is 2. The van der Waals surface area contributed by atoms with Gasteiger partial charge in [-0.15, -0.1) is 0 Å². The van der Waals surface area contributed by atoms with E-state index in [2.05, 4.69) is 49.9 Å². The smallest absolute Gasteiger partial charge is 0.0445 e. The second-order valence-corrected chi connectivity index (χ2v) is 6.89. The second kappa shape index (κ2) is 4.70. The summed E-state index contributed by atoms with van der Waals surface area (Å²) < 4.78 is 0. The molecule has 1 aromatic carbocycles. The Bertz CT molecular complexity index is 505. The minimum atomic E-state index is 0.165. The van der Waals surface area contributed by atoms with Gasteiger partial charge < -0.3 is 4.90 Å². The third-order valence-electron chi connectivity index (χ3n) is 4.42. The summed E-state index contributed by atoms with van der Waals surface area (Å²) in [5, 5.41) is 0. The zero-order valence-corrected chi connectivity index (χ0v) is 12.5. The van der Waals surface area contributed by atoms with E-state index in [1.54, 1.807) is 11.3 Å². The summed E-state index contributed by atoms with van der Waals surface area (Å²) in [5.41, 5.74) is 6.48. The number of nitrogens with zero attached hydrogens (tertiary/aromatic N) is 1. The summed E-state index contributed by atoms with van der Waals surface area (Å²) in [7, 11) is 0.